The molecular weight excluding hydrogens is 559 g/mol. The number of aromatic hydroxyl groups is 1. The Balaban J connectivity index is 1.43. The van der Waals surface area contributed by atoms with Gasteiger partial charge in [-0.25, -0.2) is 0 Å². The van der Waals surface area contributed by atoms with Crippen molar-refractivity contribution in [2.75, 3.05) is 27.9 Å². The number of unbranched alkanes of at least 4 members (excludes halogenated alkanes) is 5. The van der Waals surface area contributed by atoms with Crippen molar-refractivity contribution in [1.29, 1.82) is 0 Å². The van der Waals surface area contributed by atoms with Crippen LogP contribution in [0.4, 0.5) is 0 Å². The standard InChI is InChI=1S/C35H61O5PSi/c1-37-42(38-2,39-3)28-18-7-5-4-6-17-27-40-34-26-25-30(36)29-35(34)41(31-19-11-8-12-20-31,32-21-13-9-14-22-32)33-23-15-10-16-24-33/h25-26,29,31-33H,4-24,27-28H2,1-3H3/p+1. The molecule has 1 aromatic rings. The van der Waals surface area contributed by atoms with E-state index in [1.807, 2.05) is 6.07 Å². The Labute approximate surface area is 259 Å². The molecule has 3 aliphatic carbocycles. The smallest absolute Gasteiger partial charge is 0.500 e. The van der Waals surface area contributed by atoms with Gasteiger partial charge in [0.2, 0.25) is 0 Å². The minimum Gasteiger partial charge on any atom is -0.508 e. The Morgan fingerprint density at radius 3 is 1.57 bits per heavy atom. The molecule has 0 radical (unpaired) electrons. The van der Waals surface area contributed by atoms with Crippen LogP contribution < -0.4 is 10.0 Å². The normalized spacial score (nSPS) is 20.2. The molecule has 0 saturated heterocycles. The molecule has 3 aliphatic rings. The van der Waals surface area contributed by atoms with E-state index in [2.05, 4.69) is 12.1 Å². The van der Waals surface area contributed by atoms with Crippen LogP contribution in [-0.4, -0.2) is 58.8 Å². The first kappa shape index (κ1) is 34.2. The Morgan fingerprint density at radius 2 is 1.10 bits per heavy atom. The van der Waals surface area contributed by atoms with Crippen LogP contribution in [0.25, 0.3) is 0 Å². The lowest BCUT2D eigenvalue weighted by atomic mass is 9.99. The van der Waals surface area contributed by atoms with Gasteiger partial charge in [0.1, 0.15) is 11.1 Å². The van der Waals surface area contributed by atoms with Gasteiger partial charge in [-0.15, -0.1) is 0 Å². The number of ether oxygens (including phenoxy) is 1. The van der Waals surface area contributed by atoms with Crippen LogP contribution in [0.5, 0.6) is 11.5 Å². The maximum Gasteiger partial charge on any atom is 0.500 e. The van der Waals surface area contributed by atoms with Crippen LogP contribution in [0.1, 0.15) is 135 Å². The first-order valence-electron chi connectivity index (χ1n) is 17.6. The molecule has 240 valence electrons. The quantitative estimate of drug-likeness (QED) is 0.107. The van der Waals surface area contributed by atoms with E-state index in [1.165, 1.54) is 127 Å². The minimum absolute atomic E-state index is 0.451. The van der Waals surface area contributed by atoms with Gasteiger partial charge in [-0.05, 0) is 102 Å². The van der Waals surface area contributed by atoms with Gasteiger partial charge in [-0.2, -0.15) is 0 Å². The molecule has 42 heavy (non-hydrogen) atoms. The lowest BCUT2D eigenvalue weighted by Gasteiger charge is -2.49. The van der Waals surface area contributed by atoms with Crippen LogP contribution in [0.2, 0.25) is 6.04 Å². The van der Waals surface area contributed by atoms with Gasteiger partial charge in [0.05, 0.1) is 30.8 Å². The summed E-state index contributed by atoms with van der Waals surface area (Å²) in [5.74, 6) is 1.58. The second kappa shape index (κ2) is 17.7. The van der Waals surface area contributed by atoms with Crippen LogP contribution in [0.15, 0.2) is 18.2 Å². The summed E-state index contributed by atoms with van der Waals surface area (Å²) >= 11 is 0. The van der Waals surface area contributed by atoms with E-state index >= 15 is 0 Å². The molecule has 3 fully saturated rings. The molecule has 0 unspecified atom stereocenters. The molecule has 1 aromatic carbocycles. The third-order valence-electron chi connectivity index (χ3n) is 11.0. The first-order valence-corrected chi connectivity index (χ1v) is 21.5. The fraction of sp³-hybridized carbons (Fsp3) is 0.829. The molecule has 0 spiro atoms. The third kappa shape index (κ3) is 8.53. The molecule has 0 bridgehead atoms. The van der Waals surface area contributed by atoms with Gasteiger partial charge in [-0.1, -0.05) is 44.9 Å². The van der Waals surface area contributed by atoms with E-state index < -0.39 is 16.1 Å². The van der Waals surface area contributed by atoms with Crippen molar-refractivity contribution in [3.63, 3.8) is 0 Å². The summed E-state index contributed by atoms with van der Waals surface area (Å²) in [7, 11) is 1.11. The summed E-state index contributed by atoms with van der Waals surface area (Å²) < 4.78 is 23.4. The summed E-state index contributed by atoms with van der Waals surface area (Å²) in [6, 6.07) is 7.13. The first-order chi connectivity index (χ1) is 20.6. The number of phenols is 1. The monoisotopic (exact) mass is 621 g/mol. The van der Waals surface area contributed by atoms with E-state index in [9.17, 15) is 5.11 Å². The highest BCUT2D eigenvalue weighted by Gasteiger charge is 2.60. The molecule has 0 atom stereocenters. The van der Waals surface area contributed by atoms with E-state index in [4.69, 9.17) is 18.0 Å². The van der Waals surface area contributed by atoms with E-state index in [-0.39, 0.29) is 0 Å². The zero-order chi connectivity index (χ0) is 29.7. The van der Waals surface area contributed by atoms with Crippen molar-refractivity contribution in [3.05, 3.63) is 18.2 Å². The summed E-state index contributed by atoms with van der Waals surface area (Å²) in [6.45, 7) is 0.783. The topological polar surface area (TPSA) is 57.2 Å². The molecule has 4 rings (SSSR count). The molecular formula is C35H62O5PSi+. The Morgan fingerprint density at radius 1 is 0.643 bits per heavy atom. The van der Waals surface area contributed by atoms with Crippen LogP contribution in [-0.2, 0) is 13.3 Å². The molecule has 0 aromatic heterocycles. The number of benzene rings is 1. The average molecular weight is 622 g/mol. The fourth-order valence-electron chi connectivity index (χ4n) is 8.83. The lowest BCUT2D eigenvalue weighted by molar-refractivity contribution is 0.122. The zero-order valence-corrected chi connectivity index (χ0v) is 29.1. The molecule has 1 N–H and O–H groups in total. The van der Waals surface area contributed by atoms with Crippen molar-refractivity contribution in [2.45, 2.75) is 158 Å². The highest BCUT2D eigenvalue weighted by atomic mass is 31.2. The molecule has 0 amide bonds. The van der Waals surface area contributed by atoms with Crippen molar-refractivity contribution in [2.24, 2.45) is 0 Å². The molecule has 7 heteroatoms. The molecule has 3 saturated carbocycles. The van der Waals surface area contributed by atoms with Gasteiger partial charge in [-0.3, -0.25) is 0 Å². The van der Waals surface area contributed by atoms with Gasteiger partial charge in [0, 0.05) is 33.4 Å². The lowest BCUT2D eigenvalue weighted by Crippen LogP contribution is -2.42. The fourth-order valence-corrected chi connectivity index (χ4v) is 18.1. The van der Waals surface area contributed by atoms with Crippen LogP contribution in [0.3, 0.4) is 0 Å². The summed E-state index contributed by atoms with van der Waals surface area (Å²) in [5, 5.41) is 12.4. The Kier molecular flexibility index (Phi) is 14.5. The summed E-state index contributed by atoms with van der Waals surface area (Å²) in [6.07, 6.45) is 28.0. The number of phenolic OH excluding ortho intramolecular Hbond substituents is 1. The predicted octanol–water partition coefficient (Wildman–Crippen LogP) is 9.63. The third-order valence-corrected chi connectivity index (χ3v) is 20.2. The van der Waals surface area contributed by atoms with Gasteiger partial charge in [0.25, 0.3) is 0 Å². The van der Waals surface area contributed by atoms with Crippen molar-refractivity contribution in [1.82, 2.24) is 0 Å². The maximum absolute atomic E-state index is 10.9. The highest BCUT2D eigenvalue weighted by molar-refractivity contribution is 7.85. The van der Waals surface area contributed by atoms with Crippen LogP contribution in [0, 0.1) is 0 Å². The van der Waals surface area contributed by atoms with Crippen molar-refractivity contribution < 1.29 is 23.1 Å². The summed E-state index contributed by atoms with van der Waals surface area (Å²) in [4.78, 5) is 0. The SMILES string of the molecule is CO[Si](CCCCCCCCOc1ccc(O)cc1[P+](C1CCCCC1)(C1CCCCC1)C1CCCCC1)(OC)OC. The second-order valence-electron chi connectivity index (χ2n) is 13.4. The highest BCUT2D eigenvalue weighted by Crippen LogP contribution is 2.77. The largest absolute Gasteiger partial charge is 0.508 e. The Bertz CT molecular complexity index is 838. The maximum atomic E-state index is 10.9. The number of hydrogen-bond acceptors (Lipinski definition) is 5. The second-order valence-corrected chi connectivity index (χ2v) is 20.8. The van der Waals surface area contributed by atoms with E-state index in [0.717, 1.165) is 48.2 Å². The van der Waals surface area contributed by atoms with E-state index in [1.54, 1.807) is 21.3 Å². The predicted molar refractivity (Wildman–Crippen MR) is 180 cm³/mol. The van der Waals surface area contributed by atoms with E-state index in [0.29, 0.717) is 5.75 Å². The number of rotatable bonds is 17. The van der Waals surface area contributed by atoms with Crippen LogP contribution >= 0.6 is 7.26 Å². The zero-order valence-electron chi connectivity index (χ0n) is 27.3. The van der Waals surface area contributed by atoms with Gasteiger partial charge < -0.3 is 23.1 Å². The molecule has 5 nitrogen and oxygen atoms in total. The number of hydrogen-bond donors (Lipinski definition) is 1. The average Bonchev–Trinajstić information content (AvgIpc) is 3.05. The molecule has 0 heterocycles. The molecule has 0 aliphatic heterocycles. The van der Waals surface area contributed by atoms with Crippen molar-refractivity contribution >= 4 is 21.4 Å². The van der Waals surface area contributed by atoms with Crippen molar-refractivity contribution in [3.8, 4) is 11.5 Å². The Hall–Kier alpha value is -0.653. The van der Waals surface area contributed by atoms with Gasteiger partial charge >= 0.3 is 8.80 Å². The van der Waals surface area contributed by atoms with Gasteiger partial charge in [0.15, 0.2) is 5.75 Å². The summed E-state index contributed by atoms with van der Waals surface area (Å²) in [5.41, 5.74) is 2.49. The minimum atomic E-state index is -2.43.